The van der Waals surface area contributed by atoms with Crippen molar-refractivity contribution in [3.8, 4) is 0 Å². The quantitative estimate of drug-likeness (QED) is 0.424. The molecule has 0 saturated carbocycles. The summed E-state index contributed by atoms with van der Waals surface area (Å²) < 4.78 is 5.98. The predicted octanol–water partition coefficient (Wildman–Crippen LogP) is 4.02. The fourth-order valence-corrected chi connectivity index (χ4v) is 2.60. The van der Waals surface area contributed by atoms with Crippen LogP contribution in [0.15, 0.2) is 60.3 Å². The van der Waals surface area contributed by atoms with Crippen LogP contribution in [0.25, 0.3) is 6.08 Å². The number of rotatable bonds is 6. The number of carbonyl (C=O) groups is 2. The Bertz CT molecular complexity index is 741. The Morgan fingerprint density at radius 3 is 2.42 bits per heavy atom. The van der Waals surface area contributed by atoms with E-state index in [9.17, 15) is 9.59 Å². The van der Waals surface area contributed by atoms with Crippen molar-refractivity contribution in [1.29, 1.82) is 0 Å². The van der Waals surface area contributed by atoms with E-state index in [1.54, 1.807) is 18.2 Å². The summed E-state index contributed by atoms with van der Waals surface area (Å²) in [4.78, 5) is 24.7. The van der Waals surface area contributed by atoms with E-state index in [2.05, 4.69) is 27.9 Å². The number of amides is 1. The molecule has 0 aliphatic heterocycles. The highest BCUT2D eigenvalue weighted by atomic mass is 127. The molecule has 5 heteroatoms. The molecule has 0 saturated heterocycles. The van der Waals surface area contributed by atoms with Gasteiger partial charge in [-0.05, 0) is 52.8 Å². The summed E-state index contributed by atoms with van der Waals surface area (Å²) in [5.41, 5.74) is 1.45. The number of ether oxygens (including phenoxy) is 1. The average molecular weight is 435 g/mol. The summed E-state index contributed by atoms with van der Waals surface area (Å²) in [5.74, 6) is -0.879. The Labute approximate surface area is 155 Å². The summed E-state index contributed by atoms with van der Waals surface area (Å²) in [6, 6.07) is 16.5. The van der Waals surface area contributed by atoms with Gasteiger partial charge in [-0.15, -0.1) is 0 Å². The maximum absolute atomic E-state index is 12.5. The molecular formula is C19H18INO3. The van der Waals surface area contributed by atoms with Gasteiger partial charge in [0.1, 0.15) is 5.70 Å². The van der Waals surface area contributed by atoms with Crippen LogP contribution in [0.5, 0.6) is 0 Å². The van der Waals surface area contributed by atoms with Crippen molar-refractivity contribution < 1.29 is 14.3 Å². The summed E-state index contributed by atoms with van der Waals surface area (Å²) in [6.07, 6.45) is 2.33. The highest BCUT2D eigenvalue weighted by Gasteiger charge is 2.17. The van der Waals surface area contributed by atoms with Gasteiger partial charge in [-0.25, -0.2) is 4.79 Å². The van der Waals surface area contributed by atoms with Crippen molar-refractivity contribution >= 4 is 40.5 Å². The van der Waals surface area contributed by atoms with Crippen molar-refractivity contribution in [2.24, 2.45) is 0 Å². The van der Waals surface area contributed by atoms with Crippen molar-refractivity contribution in [1.82, 2.24) is 5.32 Å². The summed E-state index contributed by atoms with van der Waals surface area (Å²) in [6.45, 7) is 2.22. The molecule has 0 radical (unpaired) electrons. The maximum Gasteiger partial charge on any atom is 0.354 e. The normalized spacial score (nSPS) is 11.0. The van der Waals surface area contributed by atoms with Gasteiger partial charge in [0.2, 0.25) is 0 Å². The zero-order valence-electron chi connectivity index (χ0n) is 13.3. The summed E-state index contributed by atoms with van der Waals surface area (Å²) in [5, 5.41) is 2.67. The van der Waals surface area contributed by atoms with E-state index in [0.717, 1.165) is 15.6 Å². The molecule has 0 aliphatic carbocycles. The first-order valence-corrected chi connectivity index (χ1v) is 8.69. The van der Waals surface area contributed by atoms with Gasteiger partial charge >= 0.3 is 5.97 Å². The van der Waals surface area contributed by atoms with E-state index < -0.39 is 5.97 Å². The van der Waals surface area contributed by atoms with E-state index in [1.165, 1.54) is 0 Å². The van der Waals surface area contributed by atoms with Gasteiger partial charge < -0.3 is 10.1 Å². The molecule has 124 valence electrons. The van der Waals surface area contributed by atoms with Crippen LogP contribution in [-0.4, -0.2) is 18.5 Å². The fraction of sp³-hybridized carbons (Fsp3) is 0.158. The Balaban J connectivity index is 2.26. The molecule has 4 nitrogen and oxygen atoms in total. The molecule has 0 unspecified atom stereocenters. The number of nitrogens with one attached hydrogen (secondary N) is 1. The third-order valence-electron chi connectivity index (χ3n) is 3.13. The van der Waals surface area contributed by atoms with Gasteiger partial charge in [-0.1, -0.05) is 49.4 Å². The molecule has 1 N–H and O–H groups in total. The van der Waals surface area contributed by atoms with Crippen molar-refractivity contribution in [2.45, 2.75) is 13.3 Å². The first kappa shape index (κ1) is 18.2. The van der Waals surface area contributed by atoms with Crippen molar-refractivity contribution in [2.75, 3.05) is 6.61 Å². The molecule has 24 heavy (non-hydrogen) atoms. The average Bonchev–Trinajstić information content (AvgIpc) is 2.60. The van der Waals surface area contributed by atoms with Crippen LogP contribution in [0.1, 0.15) is 29.3 Å². The molecule has 0 aromatic heterocycles. The smallest absolute Gasteiger partial charge is 0.354 e. The molecule has 0 fully saturated rings. The molecule has 0 spiro atoms. The molecule has 2 aromatic carbocycles. The first-order valence-electron chi connectivity index (χ1n) is 7.61. The summed E-state index contributed by atoms with van der Waals surface area (Å²) >= 11 is 2.09. The zero-order chi connectivity index (χ0) is 17.4. The predicted molar refractivity (Wildman–Crippen MR) is 102 cm³/mol. The number of benzene rings is 2. The van der Waals surface area contributed by atoms with E-state index in [4.69, 9.17) is 4.74 Å². The lowest BCUT2D eigenvalue weighted by Crippen LogP contribution is -2.29. The highest BCUT2D eigenvalue weighted by molar-refractivity contribution is 14.1. The minimum Gasteiger partial charge on any atom is -0.461 e. The van der Waals surface area contributed by atoms with Gasteiger partial charge in [0, 0.05) is 3.57 Å². The second kappa shape index (κ2) is 9.22. The van der Waals surface area contributed by atoms with Gasteiger partial charge in [0.15, 0.2) is 0 Å². The Hall–Kier alpha value is -2.15. The number of hydrogen-bond acceptors (Lipinski definition) is 3. The monoisotopic (exact) mass is 435 g/mol. The lowest BCUT2D eigenvalue weighted by atomic mass is 10.1. The SMILES string of the molecule is CCCOC(=O)C(=Cc1ccccc1)NC(=O)c1ccccc1I. The molecule has 1 amide bonds. The maximum atomic E-state index is 12.5. The van der Waals surface area contributed by atoms with Crippen LogP contribution in [0.2, 0.25) is 0 Å². The lowest BCUT2D eigenvalue weighted by Gasteiger charge is -2.11. The number of carbonyl (C=O) groups excluding carboxylic acids is 2. The zero-order valence-corrected chi connectivity index (χ0v) is 15.4. The molecular weight excluding hydrogens is 417 g/mol. The third-order valence-corrected chi connectivity index (χ3v) is 4.08. The van der Waals surface area contributed by atoms with Crippen LogP contribution in [0.4, 0.5) is 0 Å². The van der Waals surface area contributed by atoms with Gasteiger partial charge in [0.05, 0.1) is 12.2 Å². The Morgan fingerprint density at radius 2 is 1.75 bits per heavy atom. The molecule has 0 bridgehead atoms. The van der Waals surface area contributed by atoms with Crippen LogP contribution in [0.3, 0.4) is 0 Å². The van der Waals surface area contributed by atoms with Crippen LogP contribution < -0.4 is 5.32 Å². The standard InChI is InChI=1S/C19H18INO3/c1-2-12-24-19(23)17(13-14-8-4-3-5-9-14)21-18(22)15-10-6-7-11-16(15)20/h3-11,13H,2,12H2,1H3,(H,21,22). The van der Waals surface area contributed by atoms with Crippen LogP contribution in [0, 0.1) is 3.57 Å². The Kier molecular flexibility index (Phi) is 6.99. The number of halogens is 1. The third kappa shape index (κ3) is 5.19. The second-order valence-electron chi connectivity index (χ2n) is 5.04. The highest BCUT2D eigenvalue weighted by Crippen LogP contribution is 2.13. The number of esters is 1. The van der Waals surface area contributed by atoms with E-state index in [-0.39, 0.29) is 11.6 Å². The van der Waals surface area contributed by atoms with Gasteiger partial charge in [-0.2, -0.15) is 0 Å². The van der Waals surface area contributed by atoms with Gasteiger partial charge in [0.25, 0.3) is 5.91 Å². The van der Waals surface area contributed by atoms with E-state index >= 15 is 0 Å². The number of hydrogen-bond donors (Lipinski definition) is 1. The molecule has 2 aromatic rings. The summed E-state index contributed by atoms with van der Waals surface area (Å²) in [7, 11) is 0. The van der Waals surface area contributed by atoms with Crippen molar-refractivity contribution in [3.05, 3.63) is 75.0 Å². The van der Waals surface area contributed by atoms with Gasteiger partial charge in [-0.3, -0.25) is 4.79 Å². The van der Waals surface area contributed by atoms with Crippen molar-refractivity contribution in [3.63, 3.8) is 0 Å². The fourth-order valence-electron chi connectivity index (χ4n) is 1.97. The largest absolute Gasteiger partial charge is 0.461 e. The minimum atomic E-state index is -0.542. The topological polar surface area (TPSA) is 55.4 Å². The molecule has 0 heterocycles. The molecule has 0 aliphatic rings. The van der Waals surface area contributed by atoms with E-state index in [1.807, 2.05) is 49.4 Å². The van der Waals surface area contributed by atoms with Crippen LogP contribution >= 0.6 is 22.6 Å². The minimum absolute atomic E-state index is 0.124. The Morgan fingerprint density at radius 1 is 1.08 bits per heavy atom. The molecule has 2 rings (SSSR count). The lowest BCUT2D eigenvalue weighted by molar-refractivity contribution is -0.139. The second-order valence-corrected chi connectivity index (χ2v) is 6.20. The van der Waals surface area contributed by atoms with E-state index in [0.29, 0.717) is 12.2 Å². The first-order chi connectivity index (χ1) is 11.6. The van der Waals surface area contributed by atoms with Crippen LogP contribution in [-0.2, 0) is 9.53 Å². The molecule has 0 atom stereocenters.